The quantitative estimate of drug-likeness (QED) is 0.685. The second-order valence-corrected chi connectivity index (χ2v) is 6.71. The van der Waals surface area contributed by atoms with Gasteiger partial charge < -0.3 is 10.1 Å². The molecule has 1 heterocycles. The van der Waals surface area contributed by atoms with Gasteiger partial charge in [0.05, 0.1) is 36.3 Å². The molecular weight excluding hydrogens is 354 g/mol. The number of nitrogens with zero attached hydrogens (tertiary/aromatic N) is 2. The molecule has 0 aliphatic carbocycles. The van der Waals surface area contributed by atoms with Crippen LogP contribution in [0, 0.1) is 20.8 Å². The minimum atomic E-state index is -0.434. The number of nitrogens with one attached hydrogen (secondary N) is 1. The Morgan fingerprint density at radius 2 is 1.57 bits per heavy atom. The van der Waals surface area contributed by atoms with E-state index < -0.39 is 5.97 Å². The van der Waals surface area contributed by atoms with Crippen molar-refractivity contribution in [3.05, 3.63) is 82.2 Å². The maximum atomic E-state index is 12.6. The van der Waals surface area contributed by atoms with Gasteiger partial charge in [0.25, 0.3) is 5.91 Å². The lowest BCUT2D eigenvalue weighted by Gasteiger charge is -2.08. The van der Waals surface area contributed by atoms with E-state index in [1.54, 1.807) is 24.3 Å². The van der Waals surface area contributed by atoms with Crippen molar-refractivity contribution < 1.29 is 14.3 Å². The largest absolute Gasteiger partial charge is 0.465 e. The normalized spacial score (nSPS) is 10.6. The van der Waals surface area contributed by atoms with Crippen molar-refractivity contribution in [1.29, 1.82) is 0 Å². The van der Waals surface area contributed by atoms with E-state index in [1.807, 2.05) is 18.5 Å². The number of hydrogen-bond acceptors (Lipinski definition) is 4. The van der Waals surface area contributed by atoms with Crippen molar-refractivity contribution in [2.45, 2.75) is 27.3 Å². The Balaban J connectivity index is 1.76. The van der Waals surface area contributed by atoms with Crippen LogP contribution >= 0.6 is 0 Å². The van der Waals surface area contributed by atoms with Gasteiger partial charge in [0.1, 0.15) is 0 Å². The van der Waals surface area contributed by atoms with Crippen molar-refractivity contribution in [2.24, 2.45) is 0 Å². The molecule has 0 saturated heterocycles. The highest BCUT2D eigenvalue weighted by molar-refractivity contribution is 6.05. The fourth-order valence-electron chi connectivity index (χ4n) is 2.96. The molecule has 0 aliphatic rings. The second kappa shape index (κ2) is 8.08. The molecule has 0 unspecified atom stereocenters. The van der Waals surface area contributed by atoms with Crippen LogP contribution in [0.3, 0.4) is 0 Å². The number of amides is 1. The van der Waals surface area contributed by atoms with Gasteiger partial charge in [-0.05, 0) is 50.6 Å². The molecule has 6 heteroatoms. The molecule has 0 atom stereocenters. The monoisotopic (exact) mass is 377 g/mol. The third kappa shape index (κ3) is 4.11. The van der Waals surface area contributed by atoms with Crippen molar-refractivity contribution in [1.82, 2.24) is 9.78 Å². The van der Waals surface area contributed by atoms with Gasteiger partial charge in [0.15, 0.2) is 0 Å². The number of hydrogen-bond donors (Lipinski definition) is 1. The third-order valence-corrected chi connectivity index (χ3v) is 4.64. The molecule has 0 radical (unpaired) electrons. The van der Waals surface area contributed by atoms with E-state index in [-0.39, 0.29) is 5.91 Å². The fourth-order valence-corrected chi connectivity index (χ4v) is 2.96. The van der Waals surface area contributed by atoms with Gasteiger partial charge >= 0.3 is 5.97 Å². The van der Waals surface area contributed by atoms with Crippen LogP contribution in [-0.2, 0) is 11.3 Å². The zero-order chi connectivity index (χ0) is 20.3. The first-order valence-corrected chi connectivity index (χ1v) is 8.98. The number of rotatable bonds is 5. The Morgan fingerprint density at radius 1 is 0.964 bits per heavy atom. The smallest absolute Gasteiger partial charge is 0.337 e. The topological polar surface area (TPSA) is 73.2 Å². The summed E-state index contributed by atoms with van der Waals surface area (Å²) in [4.78, 5) is 24.1. The number of ether oxygens (including phenoxy) is 1. The summed E-state index contributed by atoms with van der Waals surface area (Å²) >= 11 is 0. The lowest BCUT2D eigenvalue weighted by atomic mass is 10.1. The summed E-state index contributed by atoms with van der Waals surface area (Å²) < 4.78 is 6.56. The molecule has 1 N–H and O–H groups in total. The zero-order valence-corrected chi connectivity index (χ0v) is 16.4. The molecule has 2 aromatic carbocycles. The number of anilines is 1. The number of carbonyl (C=O) groups is 2. The zero-order valence-electron chi connectivity index (χ0n) is 16.4. The highest BCUT2D eigenvalue weighted by atomic mass is 16.5. The van der Waals surface area contributed by atoms with Crippen molar-refractivity contribution >= 4 is 17.6 Å². The summed E-state index contributed by atoms with van der Waals surface area (Å²) in [5, 5.41) is 7.50. The molecule has 1 aromatic heterocycles. The standard InChI is InChI=1S/C22H23N3O3/c1-14-5-7-17(8-6-14)13-25-16(3)20(15(2)24-25)23-21(26)18-9-11-19(12-10-18)22(27)28-4/h5-12H,13H2,1-4H3,(H,23,26). The third-order valence-electron chi connectivity index (χ3n) is 4.64. The molecule has 144 valence electrons. The predicted octanol–water partition coefficient (Wildman–Crippen LogP) is 3.90. The SMILES string of the molecule is COC(=O)c1ccc(C(=O)Nc2c(C)nn(Cc3ccc(C)cc3)c2C)cc1. The van der Waals surface area contributed by atoms with E-state index in [9.17, 15) is 9.59 Å². The van der Waals surface area contributed by atoms with Gasteiger partial charge in [-0.25, -0.2) is 4.79 Å². The van der Waals surface area contributed by atoms with Crippen LogP contribution in [0.4, 0.5) is 5.69 Å². The van der Waals surface area contributed by atoms with Gasteiger partial charge in [-0.1, -0.05) is 29.8 Å². The first-order valence-electron chi connectivity index (χ1n) is 8.98. The molecule has 0 spiro atoms. The highest BCUT2D eigenvalue weighted by Crippen LogP contribution is 2.21. The van der Waals surface area contributed by atoms with Crippen LogP contribution in [0.2, 0.25) is 0 Å². The predicted molar refractivity (Wildman–Crippen MR) is 108 cm³/mol. The van der Waals surface area contributed by atoms with E-state index in [0.717, 1.165) is 17.0 Å². The highest BCUT2D eigenvalue weighted by Gasteiger charge is 2.16. The van der Waals surface area contributed by atoms with Crippen molar-refractivity contribution in [2.75, 3.05) is 12.4 Å². The Kier molecular flexibility index (Phi) is 5.59. The number of aromatic nitrogens is 2. The summed E-state index contributed by atoms with van der Waals surface area (Å²) in [6, 6.07) is 14.6. The van der Waals surface area contributed by atoms with Crippen molar-refractivity contribution in [3.63, 3.8) is 0 Å². The first-order chi connectivity index (χ1) is 13.4. The summed E-state index contributed by atoms with van der Waals surface area (Å²) in [5.74, 6) is -0.687. The van der Waals surface area contributed by atoms with Gasteiger partial charge in [-0.15, -0.1) is 0 Å². The molecule has 28 heavy (non-hydrogen) atoms. The maximum Gasteiger partial charge on any atom is 0.337 e. The first kappa shape index (κ1) is 19.4. The average Bonchev–Trinajstić information content (AvgIpc) is 2.96. The number of esters is 1. The minimum Gasteiger partial charge on any atom is -0.465 e. The summed E-state index contributed by atoms with van der Waals surface area (Å²) in [7, 11) is 1.32. The molecule has 0 fully saturated rings. The molecule has 1 amide bonds. The van der Waals surface area contributed by atoms with Crippen LogP contribution in [-0.4, -0.2) is 28.8 Å². The number of benzene rings is 2. The molecule has 3 rings (SSSR count). The summed E-state index contributed by atoms with van der Waals surface area (Å²) in [5.41, 5.74) is 5.56. The van der Waals surface area contributed by atoms with Crippen molar-refractivity contribution in [3.8, 4) is 0 Å². The average molecular weight is 377 g/mol. The lowest BCUT2D eigenvalue weighted by Crippen LogP contribution is -2.14. The Labute approximate surface area is 164 Å². The molecular formula is C22H23N3O3. The minimum absolute atomic E-state index is 0.252. The van der Waals surface area contributed by atoms with Gasteiger partial charge in [-0.2, -0.15) is 5.10 Å². The number of methoxy groups -OCH3 is 1. The van der Waals surface area contributed by atoms with Crippen LogP contribution in [0.1, 0.15) is 43.2 Å². The van der Waals surface area contributed by atoms with Crippen LogP contribution < -0.4 is 5.32 Å². The molecule has 0 saturated carbocycles. The van der Waals surface area contributed by atoms with Crippen LogP contribution in [0.15, 0.2) is 48.5 Å². The lowest BCUT2D eigenvalue weighted by molar-refractivity contribution is 0.0600. The summed E-state index contributed by atoms with van der Waals surface area (Å²) in [6.07, 6.45) is 0. The van der Waals surface area contributed by atoms with Gasteiger partial charge in [0.2, 0.25) is 0 Å². The Hall–Kier alpha value is -3.41. The Bertz CT molecular complexity index is 1000. The fraction of sp³-hybridized carbons (Fsp3) is 0.227. The second-order valence-electron chi connectivity index (χ2n) is 6.71. The molecule has 6 nitrogen and oxygen atoms in total. The van der Waals surface area contributed by atoms with Gasteiger partial charge in [0, 0.05) is 5.56 Å². The van der Waals surface area contributed by atoms with Crippen LogP contribution in [0.25, 0.3) is 0 Å². The Morgan fingerprint density at radius 3 is 2.18 bits per heavy atom. The van der Waals surface area contributed by atoms with E-state index in [2.05, 4.69) is 46.3 Å². The van der Waals surface area contributed by atoms with Gasteiger partial charge in [-0.3, -0.25) is 9.48 Å². The molecule has 0 bridgehead atoms. The molecule has 3 aromatic rings. The number of carbonyl (C=O) groups excluding carboxylic acids is 2. The number of aryl methyl sites for hydroxylation is 2. The van der Waals surface area contributed by atoms with E-state index in [0.29, 0.717) is 23.4 Å². The maximum absolute atomic E-state index is 12.6. The molecule has 0 aliphatic heterocycles. The van der Waals surface area contributed by atoms with E-state index in [4.69, 9.17) is 0 Å². The van der Waals surface area contributed by atoms with E-state index in [1.165, 1.54) is 12.7 Å². The summed E-state index contributed by atoms with van der Waals surface area (Å²) in [6.45, 7) is 6.49. The van der Waals surface area contributed by atoms with Crippen LogP contribution in [0.5, 0.6) is 0 Å². The van der Waals surface area contributed by atoms with E-state index >= 15 is 0 Å².